The van der Waals surface area contributed by atoms with Gasteiger partial charge in [-0.2, -0.15) is 0 Å². The average Bonchev–Trinajstić information content (AvgIpc) is 1.99. The Morgan fingerprint density at radius 3 is 1.20 bits per heavy atom. The summed E-state index contributed by atoms with van der Waals surface area (Å²) in [5.41, 5.74) is 0. The van der Waals surface area contributed by atoms with E-state index in [0.717, 1.165) is 17.8 Å². The molecule has 0 fully saturated rings. The maximum atomic E-state index is 6.01. The minimum absolute atomic E-state index is 0.772. The first-order valence-corrected chi connectivity index (χ1v) is 9.32. The summed E-state index contributed by atoms with van der Waals surface area (Å²) in [6.07, 6.45) is 0. The molecule has 89 valence electrons. The van der Waals surface area contributed by atoms with Crippen LogP contribution in [0.1, 0.15) is 41.5 Å². The summed E-state index contributed by atoms with van der Waals surface area (Å²) in [5, 5.41) is 0. The molecule has 15 heavy (non-hydrogen) atoms. The van der Waals surface area contributed by atoms with E-state index in [4.69, 9.17) is 3.01 Å². The fourth-order valence-electron chi connectivity index (χ4n) is 2.61. The second kappa shape index (κ2) is 7.26. The molecule has 0 aliphatic heterocycles. The van der Waals surface area contributed by atoms with Crippen LogP contribution < -0.4 is 0 Å². The monoisotopic (exact) mass is 263 g/mol. The van der Waals surface area contributed by atoms with E-state index in [1.54, 1.807) is 0 Å². The van der Waals surface area contributed by atoms with Crippen molar-refractivity contribution < 1.29 is 23.8 Å². The van der Waals surface area contributed by atoms with Crippen molar-refractivity contribution in [3.8, 4) is 0 Å². The van der Waals surface area contributed by atoms with Gasteiger partial charge in [-0.15, -0.1) is 0 Å². The van der Waals surface area contributed by atoms with E-state index in [1.807, 2.05) is 20.8 Å². The van der Waals surface area contributed by atoms with Crippen LogP contribution in [0, 0.1) is 17.8 Å². The number of hydrogen-bond acceptors (Lipinski definition) is 1. The second-order valence-electron chi connectivity index (χ2n) is 6.08. The molecule has 0 N–H and O–H groups in total. The van der Waals surface area contributed by atoms with E-state index >= 15 is 0 Å². The molecule has 0 rings (SSSR count). The van der Waals surface area contributed by atoms with Gasteiger partial charge < -0.3 is 0 Å². The summed E-state index contributed by atoms with van der Waals surface area (Å²) in [6, 6.07) is 3.96. The summed E-state index contributed by atoms with van der Waals surface area (Å²) in [4.78, 5) is 0. The van der Waals surface area contributed by atoms with Gasteiger partial charge >= 0.3 is 110 Å². The Morgan fingerprint density at radius 1 is 0.800 bits per heavy atom. The van der Waals surface area contributed by atoms with Crippen LogP contribution in [0.15, 0.2) is 0 Å². The molecule has 3 heteroatoms. The van der Waals surface area contributed by atoms with Crippen molar-refractivity contribution in [2.24, 2.45) is 17.8 Å². The summed E-state index contributed by atoms with van der Waals surface area (Å²) in [5.74, 6) is 2.32. The molecule has 0 aliphatic rings. The van der Waals surface area contributed by atoms with Gasteiger partial charge in [0, 0.05) is 0 Å². The second-order valence-corrected chi connectivity index (χ2v) is 10.8. The predicted molar refractivity (Wildman–Crippen MR) is 65.8 cm³/mol. The molecule has 0 saturated carbocycles. The summed E-state index contributed by atoms with van der Waals surface area (Å²) in [6.45, 7) is 13.9. The van der Waals surface area contributed by atoms with Crippen molar-refractivity contribution in [3.05, 3.63) is 0 Å². The van der Waals surface area contributed by atoms with Gasteiger partial charge in [-0.05, 0) is 0 Å². The molecule has 0 saturated heterocycles. The van der Waals surface area contributed by atoms with Crippen LogP contribution >= 0.6 is 0 Å². The van der Waals surface area contributed by atoms with Gasteiger partial charge in [-0.1, -0.05) is 0 Å². The molecular weight excluding hydrogens is 236 g/mol. The van der Waals surface area contributed by atoms with Crippen molar-refractivity contribution in [1.82, 2.24) is 0 Å². The van der Waals surface area contributed by atoms with Crippen molar-refractivity contribution in [3.63, 3.8) is 0 Å². The molecule has 0 unspecified atom stereocenters. The zero-order valence-electron chi connectivity index (χ0n) is 11.3. The molecule has 1 nitrogen and oxygen atoms in total. The summed E-state index contributed by atoms with van der Waals surface area (Å²) < 4.78 is 6.01. The molecule has 0 aromatic heterocycles. The fourth-order valence-corrected chi connectivity index (χ4v) is 8.99. The first kappa shape index (κ1) is 15.9. The molecule has 0 radical (unpaired) electrons. The average molecular weight is 263 g/mol. The fraction of sp³-hybridized carbons (Fsp3) is 1.00. The maximum absolute atomic E-state index is 6.01. The molecule has 0 atom stereocenters. The molecule has 0 amide bonds. The Bertz CT molecular complexity index is 142. The van der Waals surface area contributed by atoms with Crippen LogP contribution in [0.2, 0.25) is 18.1 Å². The zero-order chi connectivity index (χ0) is 12.1. The third-order valence-electron chi connectivity index (χ3n) is 2.56. The molecule has 0 aliphatic carbocycles. The quantitative estimate of drug-likeness (QED) is 0.619. The SMILES string of the molecule is CC(C)C[Si](CC(C)C)(CC(C)C)[O][Ti]. The minimum atomic E-state index is -1.46. The molecular formula is C12H27OSiTi. The van der Waals surface area contributed by atoms with Crippen LogP contribution in [0.4, 0.5) is 0 Å². The van der Waals surface area contributed by atoms with Gasteiger partial charge in [0.05, 0.1) is 0 Å². The van der Waals surface area contributed by atoms with Gasteiger partial charge in [0.2, 0.25) is 0 Å². The normalized spacial score (nSPS) is 13.1. The zero-order valence-corrected chi connectivity index (χ0v) is 13.8. The van der Waals surface area contributed by atoms with E-state index in [9.17, 15) is 0 Å². The van der Waals surface area contributed by atoms with Crippen LogP contribution in [0.3, 0.4) is 0 Å². The van der Waals surface area contributed by atoms with Crippen LogP contribution in [0.5, 0.6) is 0 Å². The van der Waals surface area contributed by atoms with Gasteiger partial charge in [0.15, 0.2) is 0 Å². The van der Waals surface area contributed by atoms with Crippen molar-refractivity contribution in [2.75, 3.05) is 0 Å². The van der Waals surface area contributed by atoms with E-state index in [0.29, 0.717) is 0 Å². The Kier molecular flexibility index (Phi) is 7.69. The summed E-state index contributed by atoms with van der Waals surface area (Å²) >= 11 is 1.94. The Labute approximate surface area is 109 Å². The standard InChI is InChI=1S/C12H27OSi.Ti/c1-10(2)7-14(13,8-11(3)4)9-12(5)6;/h10-12H,7-9H2,1-6H3;/q-1;+1. The van der Waals surface area contributed by atoms with Crippen LogP contribution in [-0.2, 0) is 23.8 Å². The molecule has 0 aromatic carbocycles. The van der Waals surface area contributed by atoms with Gasteiger partial charge in [-0.25, -0.2) is 0 Å². The van der Waals surface area contributed by atoms with Crippen molar-refractivity contribution in [2.45, 2.75) is 59.7 Å². The van der Waals surface area contributed by atoms with Gasteiger partial charge in [0.25, 0.3) is 0 Å². The van der Waals surface area contributed by atoms with E-state index in [-0.39, 0.29) is 0 Å². The third-order valence-corrected chi connectivity index (χ3v) is 9.70. The molecule has 0 bridgehead atoms. The summed E-state index contributed by atoms with van der Waals surface area (Å²) in [7, 11) is -1.46. The first-order chi connectivity index (χ1) is 6.81. The Morgan fingerprint density at radius 2 is 1.07 bits per heavy atom. The predicted octanol–water partition coefficient (Wildman–Crippen LogP) is 4.38. The van der Waals surface area contributed by atoms with Gasteiger partial charge in [0.1, 0.15) is 0 Å². The van der Waals surface area contributed by atoms with Crippen molar-refractivity contribution >= 4 is 8.32 Å². The number of hydrogen-bond donors (Lipinski definition) is 0. The molecule has 0 aromatic rings. The van der Waals surface area contributed by atoms with E-state index < -0.39 is 8.32 Å². The van der Waals surface area contributed by atoms with Gasteiger partial charge in [-0.3, -0.25) is 0 Å². The first-order valence-electron chi connectivity index (χ1n) is 6.16. The van der Waals surface area contributed by atoms with Crippen molar-refractivity contribution in [1.29, 1.82) is 0 Å². The van der Waals surface area contributed by atoms with E-state index in [2.05, 4.69) is 41.5 Å². The van der Waals surface area contributed by atoms with Crippen LogP contribution in [-0.4, -0.2) is 8.32 Å². The topological polar surface area (TPSA) is 9.23 Å². The Balaban J connectivity index is 4.59. The van der Waals surface area contributed by atoms with E-state index in [1.165, 1.54) is 18.1 Å². The molecule has 0 heterocycles. The third kappa shape index (κ3) is 6.93. The molecule has 0 spiro atoms. The van der Waals surface area contributed by atoms with Crippen LogP contribution in [0.25, 0.3) is 0 Å². The Hall–Kier alpha value is 0.891. The number of rotatable bonds is 7.